The third kappa shape index (κ3) is 6.58. The quantitative estimate of drug-likeness (QED) is 0.351. The maximum Gasteiger partial charge on any atom is 0.321 e. The molecule has 0 fully saturated rings. The molecule has 2 atom stereocenters. The molecule has 0 saturated carbocycles. The second-order valence-corrected chi connectivity index (χ2v) is 5.23. The van der Waals surface area contributed by atoms with Crippen LogP contribution in [0.4, 0.5) is 0 Å². The Hall–Kier alpha value is -2.25. The van der Waals surface area contributed by atoms with Gasteiger partial charge in [-0.2, -0.15) is 0 Å². The first-order chi connectivity index (χ1) is 11.0. The molecule has 1 rings (SSSR count). The lowest BCUT2D eigenvalue weighted by Gasteiger charge is -2.20. The summed E-state index contributed by atoms with van der Waals surface area (Å²) >= 11 is 0. The highest BCUT2D eigenvalue weighted by atomic mass is 16.4. The van der Waals surface area contributed by atoms with Crippen LogP contribution < -0.4 is 11.1 Å². The molecule has 0 aromatic heterocycles. The molecule has 7 nitrogen and oxygen atoms in total. The highest BCUT2D eigenvalue weighted by Gasteiger charge is 2.27. The molecule has 0 aliphatic carbocycles. The van der Waals surface area contributed by atoms with E-state index in [1.807, 2.05) is 0 Å². The number of aliphatic carboxylic acids is 2. The summed E-state index contributed by atoms with van der Waals surface area (Å²) in [5.74, 6) is -2.74. The number of carbonyl (C=O) groups is 3. The lowest BCUT2D eigenvalue weighted by molar-refractivity contribution is -0.142. The van der Waals surface area contributed by atoms with Gasteiger partial charge in [-0.1, -0.05) is 36.8 Å². The molecule has 0 bridgehead atoms. The number of hydrogen-bond donors (Lipinski definition) is 4. The summed E-state index contributed by atoms with van der Waals surface area (Å²) in [5, 5.41) is 21.0. The summed E-state index contributed by atoms with van der Waals surface area (Å²) in [4.78, 5) is 34.7. The van der Waals surface area contributed by atoms with E-state index in [1.165, 1.54) is 0 Å². The molecule has 5 N–H and O–H groups in total. The normalized spacial score (nSPS) is 13.3. The average molecular weight is 322 g/mol. The zero-order valence-corrected chi connectivity index (χ0v) is 12.8. The van der Waals surface area contributed by atoms with Crippen LogP contribution in [0.3, 0.4) is 0 Å². The van der Waals surface area contributed by atoms with Crippen molar-refractivity contribution in [2.24, 2.45) is 5.73 Å². The molecule has 1 aromatic rings. The number of ketones is 1. The van der Waals surface area contributed by atoms with Gasteiger partial charge < -0.3 is 15.9 Å². The number of hydrogen-bond acceptors (Lipinski definition) is 5. The summed E-state index contributed by atoms with van der Waals surface area (Å²) in [6.45, 7) is 0.446. The molecular weight excluding hydrogens is 300 g/mol. The monoisotopic (exact) mass is 322 g/mol. The lowest BCUT2D eigenvalue weighted by atomic mass is 10.0. The van der Waals surface area contributed by atoms with Crippen molar-refractivity contribution in [1.29, 1.82) is 0 Å². The minimum atomic E-state index is -1.25. The van der Waals surface area contributed by atoms with E-state index in [1.54, 1.807) is 30.3 Å². The fraction of sp³-hybridized carbons (Fsp3) is 0.438. The minimum Gasteiger partial charge on any atom is -0.480 e. The molecule has 1 unspecified atom stereocenters. The number of nitrogens with two attached hydrogens (primary N) is 1. The Morgan fingerprint density at radius 1 is 1.00 bits per heavy atom. The number of nitrogens with one attached hydrogen (secondary N) is 1. The summed E-state index contributed by atoms with van der Waals surface area (Å²) in [6.07, 6.45) is 1.18. The van der Waals surface area contributed by atoms with Crippen LogP contribution in [0.1, 0.15) is 36.0 Å². The molecular formula is C16H22N2O5. The van der Waals surface area contributed by atoms with Crippen molar-refractivity contribution in [2.45, 2.75) is 37.8 Å². The van der Waals surface area contributed by atoms with E-state index in [2.05, 4.69) is 5.32 Å². The molecule has 0 heterocycles. The first kappa shape index (κ1) is 18.8. The van der Waals surface area contributed by atoms with E-state index < -0.39 is 24.0 Å². The Bertz CT molecular complexity index is 533. The van der Waals surface area contributed by atoms with Crippen LogP contribution in [-0.2, 0) is 9.59 Å². The average Bonchev–Trinajstić information content (AvgIpc) is 2.53. The van der Waals surface area contributed by atoms with Gasteiger partial charge in [0.1, 0.15) is 12.1 Å². The Balaban J connectivity index is 2.71. The molecule has 0 aliphatic rings. The van der Waals surface area contributed by atoms with E-state index in [0.29, 0.717) is 24.9 Å². The lowest BCUT2D eigenvalue weighted by Crippen LogP contribution is -2.48. The number of benzene rings is 1. The third-order valence-corrected chi connectivity index (χ3v) is 3.43. The largest absolute Gasteiger partial charge is 0.480 e. The van der Waals surface area contributed by atoms with Crippen molar-refractivity contribution in [3.8, 4) is 0 Å². The Labute approximate surface area is 134 Å². The van der Waals surface area contributed by atoms with Crippen molar-refractivity contribution in [1.82, 2.24) is 5.32 Å². The Morgan fingerprint density at radius 3 is 2.13 bits per heavy atom. The van der Waals surface area contributed by atoms with Gasteiger partial charge in [0.25, 0.3) is 0 Å². The van der Waals surface area contributed by atoms with E-state index in [0.717, 1.165) is 0 Å². The predicted molar refractivity (Wildman–Crippen MR) is 84.3 cm³/mol. The van der Waals surface area contributed by atoms with E-state index >= 15 is 0 Å². The molecule has 0 amide bonds. The molecule has 0 saturated heterocycles. The SMILES string of the molecule is NCCCC[C@H](NC(CC(=O)c1ccccc1)C(=O)O)C(=O)O. The first-order valence-corrected chi connectivity index (χ1v) is 7.45. The highest BCUT2D eigenvalue weighted by molar-refractivity contribution is 5.98. The molecule has 1 aromatic carbocycles. The summed E-state index contributed by atoms with van der Waals surface area (Å²) in [5.41, 5.74) is 5.76. The van der Waals surface area contributed by atoms with Gasteiger partial charge in [-0.25, -0.2) is 0 Å². The molecule has 7 heteroatoms. The van der Waals surface area contributed by atoms with Crippen LogP contribution in [0, 0.1) is 0 Å². The van der Waals surface area contributed by atoms with Crippen LogP contribution in [-0.4, -0.2) is 46.6 Å². The maximum atomic E-state index is 12.1. The number of rotatable bonds is 11. The molecule has 0 radical (unpaired) electrons. The number of carboxylic acids is 2. The summed E-state index contributed by atoms with van der Waals surface area (Å²) < 4.78 is 0. The number of carbonyl (C=O) groups excluding carboxylic acids is 1. The molecule has 0 spiro atoms. The fourth-order valence-corrected chi connectivity index (χ4v) is 2.16. The van der Waals surface area contributed by atoms with Gasteiger partial charge in [0, 0.05) is 12.0 Å². The van der Waals surface area contributed by atoms with Crippen molar-refractivity contribution in [2.75, 3.05) is 6.54 Å². The Kier molecular flexibility index (Phi) is 7.93. The van der Waals surface area contributed by atoms with E-state index in [9.17, 15) is 24.6 Å². The van der Waals surface area contributed by atoms with Gasteiger partial charge in [-0.15, -0.1) is 0 Å². The topological polar surface area (TPSA) is 130 Å². The van der Waals surface area contributed by atoms with Crippen molar-refractivity contribution >= 4 is 17.7 Å². The standard InChI is InChI=1S/C16H22N2O5/c17-9-5-4-8-12(15(20)21)18-13(16(22)23)10-14(19)11-6-2-1-3-7-11/h1-3,6-7,12-13,18H,4-5,8-10,17H2,(H,20,21)(H,22,23)/t12-,13?/m0/s1. The second-order valence-electron chi connectivity index (χ2n) is 5.23. The van der Waals surface area contributed by atoms with Crippen LogP contribution in [0.2, 0.25) is 0 Å². The van der Waals surface area contributed by atoms with Crippen LogP contribution in [0.25, 0.3) is 0 Å². The zero-order valence-electron chi connectivity index (χ0n) is 12.8. The van der Waals surface area contributed by atoms with Crippen LogP contribution in [0.5, 0.6) is 0 Å². The smallest absolute Gasteiger partial charge is 0.321 e. The van der Waals surface area contributed by atoms with Gasteiger partial charge in [0.2, 0.25) is 0 Å². The van der Waals surface area contributed by atoms with Gasteiger partial charge in [0.15, 0.2) is 5.78 Å². The first-order valence-electron chi connectivity index (χ1n) is 7.45. The number of unbranched alkanes of at least 4 members (excludes halogenated alkanes) is 1. The van der Waals surface area contributed by atoms with Crippen LogP contribution >= 0.6 is 0 Å². The van der Waals surface area contributed by atoms with Gasteiger partial charge in [-0.05, 0) is 19.4 Å². The minimum absolute atomic E-state index is 0.260. The fourth-order valence-electron chi connectivity index (χ4n) is 2.16. The summed E-state index contributed by atoms with van der Waals surface area (Å²) in [7, 11) is 0. The van der Waals surface area contributed by atoms with Crippen molar-refractivity contribution in [3.05, 3.63) is 35.9 Å². The highest BCUT2D eigenvalue weighted by Crippen LogP contribution is 2.09. The van der Waals surface area contributed by atoms with Gasteiger partial charge >= 0.3 is 11.9 Å². The van der Waals surface area contributed by atoms with Crippen molar-refractivity contribution < 1.29 is 24.6 Å². The van der Waals surface area contributed by atoms with E-state index in [-0.39, 0.29) is 18.6 Å². The Morgan fingerprint density at radius 2 is 1.61 bits per heavy atom. The molecule has 23 heavy (non-hydrogen) atoms. The van der Waals surface area contributed by atoms with Crippen LogP contribution in [0.15, 0.2) is 30.3 Å². The zero-order chi connectivity index (χ0) is 17.2. The van der Waals surface area contributed by atoms with Crippen molar-refractivity contribution in [3.63, 3.8) is 0 Å². The van der Waals surface area contributed by atoms with Gasteiger partial charge in [0.05, 0.1) is 0 Å². The number of carboxylic acid groups (broad SMARTS) is 2. The predicted octanol–water partition coefficient (Wildman–Crippen LogP) is 0.884. The van der Waals surface area contributed by atoms with E-state index in [4.69, 9.17) is 5.73 Å². The number of Topliss-reactive ketones (excluding diaryl/α,β-unsaturated/α-hetero) is 1. The van der Waals surface area contributed by atoms with Gasteiger partial charge in [-0.3, -0.25) is 19.7 Å². The third-order valence-electron chi connectivity index (χ3n) is 3.43. The molecule has 126 valence electrons. The second kappa shape index (κ2) is 9.70. The molecule has 0 aliphatic heterocycles. The summed E-state index contributed by atoms with van der Waals surface area (Å²) in [6, 6.07) is 6.04. The maximum absolute atomic E-state index is 12.1.